The van der Waals surface area contributed by atoms with Crippen LogP contribution < -0.4 is 25.8 Å². The summed E-state index contributed by atoms with van der Waals surface area (Å²) in [6, 6.07) is 17.9. The van der Waals surface area contributed by atoms with Gasteiger partial charge in [0.15, 0.2) is 5.78 Å². The number of pyridine rings is 2. The lowest BCUT2D eigenvalue weighted by molar-refractivity contribution is -0.136. The minimum atomic E-state index is -0.599. The summed E-state index contributed by atoms with van der Waals surface area (Å²) >= 11 is 0. The van der Waals surface area contributed by atoms with Crippen LogP contribution in [0.1, 0.15) is 113 Å². The molecule has 0 bridgehead atoms. The summed E-state index contributed by atoms with van der Waals surface area (Å²) in [6.07, 6.45) is 10.1. The van der Waals surface area contributed by atoms with Gasteiger partial charge in [0.1, 0.15) is 29.9 Å². The van der Waals surface area contributed by atoms with Crippen molar-refractivity contribution >= 4 is 52.0 Å². The highest BCUT2D eigenvalue weighted by Gasteiger charge is 2.39. The van der Waals surface area contributed by atoms with E-state index < -0.39 is 6.04 Å². The van der Waals surface area contributed by atoms with E-state index in [2.05, 4.69) is 71.7 Å². The van der Waals surface area contributed by atoms with Crippen molar-refractivity contribution < 1.29 is 28.7 Å². The van der Waals surface area contributed by atoms with Crippen LogP contribution in [0.3, 0.4) is 0 Å². The van der Waals surface area contributed by atoms with Gasteiger partial charge in [0.05, 0.1) is 30.7 Å². The second-order valence-electron chi connectivity index (χ2n) is 19.4. The zero-order valence-corrected chi connectivity index (χ0v) is 40.2. The largest absolute Gasteiger partial charge is 0.491 e. The van der Waals surface area contributed by atoms with E-state index in [4.69, 9.17) is 14.5 Å². The quantitative estimate of drug-likeness (QED) is 0.0676. The molecule has 0 radical (unpaired) electrons. The number of nitrogens with one attached hydrogen (secondary N) is 2. The first-order chi connectivity index (χ1) is 34.1. The molecule has 1 unspecified atom stereocenters. The number of Topliss-reactive ketones (excluding diaryl/α,β-unsaturated/α-hetero) is 1. The van der Waals surface area contributed by atoms with Crippen molar-refractivity contribution in [3.8, 4) is 5.75 Å². The fourth-order valence-electron chi connectivity index (χ4n) is 11.1. The van der Waals surface area contributed by atoms with E-state index in [1.165, 1.54) is 18.1 Å². The van der Waals surface area contributed by atoms with Crippen LogP contribution in [-0.2, 0) is 27.4 Å². The highest BCUT2D eigenvalue weighted by atomic mass is 16.5. The van der Waals surface area contributed by atoms with Crippen LogP contribution in [0.2, 0.25) is 0 Å². The number of ketones is 1. The Morgan fingerprint density at radius 1 is 0.843 bits per heavy atom. The molecule has 10 rings (SSSR count). The molecule has 17 heteroatoms. The van der Waals surface area contributed by atoms with E-state index in [9.17, 15) is 24.0 Å². The number of carbonyl (C=O) groups is 4. The number of amides is 3. The Labute approximate surface area is 407 Å². The van der Waals surface area contributed by atoms with E-state index in [1.807, 2.05) is 24.4 Å². The summed E-state index contributed by atoms with van der Waals surface area (Å²) in [5.74, 6) is 1.18. The first-order valence-corrected chi connectivity index (χ1v) is 25.0. The minimum Gasteiger partial charge on any atom is -0.491 e. The molecule has 5 aromatic rings. The van der Waals surface area contributed by atoms with E-state index in [1.54, 1.807) is 22.6 Å². The van der Waals surface area contributed by atoms with Gasteiger partial charge in [-0.3, -0.25) is 43.7 Å². The van der Waals surface area contributed by atoms with Crippen molar-refractivity contribution in [2.45, 2.75) is 96.3 Å². The van der Waals surface area contributed by atoms with Crippen LogP contribution in [0.25, 0.3) is 11.0 Å². The van der Waals surface area contributed by atoms with Crippen molar-refractivity contribution in [3.05, 3.63) is 111 Å². The molecule has 1 aliphatic carbocycles. The number of likely N-dealkylation sites (tertiary alicyclic amines) is 1. The number of nitrogens with zero attached hydrogens (tertiary/aromatic N) is 8. The topological polar surface area (TPSA) is 184 Å². The summed E-state index contributed by atoms with van der Waals surface area (Å²) in [7, 11) is 0. The maximum atomic E-state index is 13.6. The Morgan fingerprint density at radius 2 is 1.66 bits per heavy atom. The molecule has 70 heavy (non-hydrogen) atoms. The lowest BCUT2D eigenvalue weighted by atomic mass is 9.87. The molecule has 3 amide bonds. The second-order valence-corrected chi connectivity index (χ2v) is 19.4. The average molecular weight is 951 g/mol. The molecule has 17 nitrogen and oxygen atoms in total. The van der Waals surface area contributed by atoms with Gasteiger partial charge in [0, 0.05) is 75.4 Å². The van der Waals surface area contributed by atoms with Crippen molar-refractivity contribution in [2.75, 3.05) is 75.9 Å². The van der Waals surface area contributed by atoms with Gasteiger partial charge in [-0.15, -0.1) is 0 Å². The lowest BCUT2D eigenvalue weighted by Crippen LogP contribution is -2.52. The molecule has 4 fully saturated rings. The number of carbonyl (C=O) groups excluding carboxylic acids is 4. The summed E-state index contributed by atoms with van der Waals surface area (Å²) in [4.78, 5) is 86.3. The summed E-state index contributed by atoms with van der Waals surface area (Å²) in [5.41, 5.74) is 6.25. The number of rotatable bonds is 16. The van der Waals surface area contributed by atoms with Gasteiger partial charge in [0.25, 0.3) is 11.5 Å². The molecule has 3 aromatic heterocycles. The number of fused-ring (bicyclic) bond motifs is 2. The molecular weight excluding hydrogens is 889 g/mol. The van der Waals surface area contributed by atoms with Gasteiger partial charge in [-0.2, -0.15) is 4.98 Å². The number of piperidine rings is 2. The van der Waals surface area contributed by atoms with Gasteiger partial charge in [0.2, 0.25) is 17.8 Å². The molecule has 0 spiro atoms. The van der Waals surface area contributed by atoms with Crippen molar-refractivity contribution in [1.82, 2.24) is 39.5 Å². The van der Waals surface area contributed by atoms with Gasteiger partial charge in [-0.25, -0.2) is 9.97 Å². The van der Waals surface area contributed by atoms with Gasteiger partial charge < -0.3 is 24.6 Å². The number of benzene rings is 2. The lowest BCUT2D eigenvalue weighted by Gasteiger charge is -2.35. The van der Waals surface area contributed by atoms with Crippen LogP contribution in [0.5, 0.6) is 5.75 Å². The predicted molar refractivity (Wildman–Crippen MR) is 265 cm³/mol. The molecule has 3 saturated heterocycles. The van der Waals surface area contributed by atoms with Crippen LogP contribution in [0, 0.1) is 6.92 Å². The van der Waals surface area contributed by atoms with Crippen molar-refractivity contribution in [3.63, 3.8) is 0 Å². The Morgan fingerprint density at radius 3 is 2.41 bits per heavy atom. The molecular formula is C53H62N10O7. The number of hydrogen-bond donors (Lipinski definition) is 2. The van der Waals surface area contributed by atoms with Crippen LogP contribution in [-0.4, -0.2) is 129 Å². The summed E-state index contributed by atoms with van der Waals surface area (Å²) in [6.45, 7) is 12.5. The molecule has 7 heterocycles. The Hall–Kier alpha value is -6.56. The first-order valence-electron chi connectivity index (χ1n) is 25.0. The number of imide groups is 1. The average Bonchev–Trinajstić information content (AvgIpc) is 4.01. The number of aromatic nitrogens is 4. The van der Waals surface area contributed by atoms with E-state index >= 15 is 0 Å². The van der Waals surface area contributed by atoms with E-state index in [0.29, 0.717) is 72.6 Å². The SMILES string of the molecule is CC(=O)c1c(C)c2cnc(Nc3ccc(N4CCN(CCOCCOc5cccc(CN6CCC(c7ccc8c(c7)CN(C7CCC(=O)NC7=O)C8=O)CC6)c5)CC4)cn3)nc2n(C2CCCC2)c1=O. The number of piperazine rings is 1. The third-order valence-electron chi connectivity index (χ3n) is 14.9. The molecule has 1 atom stereocenters. The molecule has 5 aliphatic rings. The third kappa shape index (κ3) is 10.2. The summed E-state index contributed by atoms with van der Waals surface area (Å²) < 4.78 is 13.8. The summed E-state index contributed by atoms with van der Waals surface area (Å²) in [5, 5.41) is 6.32. The van der Waals surface area contributed by atoms with Crippen LogP contribution in [0.4, 0.5) is 17.5 Å². The van der Waals surface area contributed by atoms with Crippen LogP contribution >= 0.6 is 0 Å². The van der Waals surface area contributed by atoms with E-state index in [0.717, 1.165) is 108 Å². The Bertz CT molecular complexity index is 2830. The fourth-order valence-corrected chi connectivity index (χ4v) is 11.1. The number of ether oxygens (including phenoxy) is 2. The maximum absolute atomic E-state index is 13.6. The predicted octanol–water partition coefficient (Wildman–Crippen LogP) is 5.91. The molecule has 366 valence electrons. The van der Waals surface area contributed by atoms with Crippen molar-refractivity contribution in [2.24, 2.45) is 0 Å². The monoisotopic (exact) mass is 950 g/mol. The number of aryl methyl sites for hydroxylation is 1. The standard InChI is InChI=1S/C53H62N10O7/c1-34-44-31-55-53(58-49(44)63(40-7-3-4-8-40)52(68)48(34)35(2)64)56-46-14-11-41(30-54-46)61-22-20-59(21-23-61)24-25-69-26-27-70-42-9-5-6-36(28-42)32-60-18-16-37(17-19-60)38-10-12-43-39(29-38)33-62(51(43)67)45-13-15-47(65)57-50(45)66/h5-6,9-12,14,28-31,37,40,45H,3-4,7-8,13,15-27,32-33H2,1-2H3,(H,57,65,66)(H,54,55,56,58). The molecule has 1 saturated carbocycles. The van der Waals surface area contributed by atoms with Gasteiger partial charge in [-0.05, 0) is 118 Å². The zero-order valence-electron chi connectivity index (χ0n) is 40.2. The van der Waals surface area contributed by atoms with E-state index in [-0.39, 0.29) is 47.1 Å². The van der Waals surface area contributed by atoms with Gasteiger partial charge >= 0.3 is 0 Å². The smallest absolute Gasteiger partial charge is 0.263 e. The van der Waals surface area contributed by atoms with Crippen molar-refractivity contribution in [1.29, 1.82) is 0 Å². The number of anilines is 3. The third-order valence-corrected chi connectivity index (χ3v) is 14.9. The maximum Gasteiger partial charge on any atom is 0.263 e. The normalized spacial score (nSPS) is 19.5. The molecule has 4 aliphatic heterocycles. The van der Waals surface area contributed by atoms with Crippen LogP contribution in [0.15, 0.2) is 71.8 Å². The second kappa shape index (κ2) is 20.8. The highest BCUT2D eigenvalue weighted by molar-refractivity contribution is 6.05. The zero-order chi connectivity index (χ0) is 48.3. The minimum absolute atomic E-state index is 0.0128. The first kappa shape index (κ1) is 47.1. The number of hydrogen-bond acceptors (Lipinski definition) is 14. The molecule has 2 N–H and O–H groups in total. The van der Waals surface area contributed by atoms with Gasteiger partial charge in [-0.1, -0.05) is 37.1 Å². The molecule has 2 aromatic carbocycles. The fraction of sp³-hybridized carbons (Fsp3) is 0.472. The Balaban J connectivity index is 0.623. The highest BCUT2D eigenvalue weighted by Crippen LogP contribution is 2.35. The Kier molecular flexibility index (Phi) is 14.0.